The number of nitrogens with zero attached hydrogens (tertiary/aromatic N) is 1. The van der Waals surface area contributed by atoms with Crippen LogP contribution in [0.2, 0.25) is 0 Å². The van der Waals surface area contributed by atoms with Gasteiger partial charge in [-0.15, -0.1) is 11.3 Å². The summed E-state index contributed by atoms with van der Waals surface area (Å²) in [5.74, 6) is 1.74. The second-order valence-electron chi connectivity index (χ2n) is 7.74. The highest BCUT2D eigenvalue weighted by molar-refractivity contribution is 7.14. The molecule has 1 amide bonds. The van der Waals surface area contributed by atoms with E-state index in [1.807, 2.05) is 12.1 Å². The fourth-order valence-corrected chi connectivity index (χ4v) is 5.34. The summed E-state index contributed by atoms with van der Waals surface area (Å²) in [5.41, 5.74) is 1.39. The molecule has 1 aliphatic carbocycles. The van der Waals surface area contributed by atoms with Crippen LogP contribution in [0.3, 0.4) is 0 Å². The van der Waals surface area contributed by atoms with Crippen molar-refractivity contribution >= 4 is 17.2 Å². The number of likely N-dealkylation sites (tertiary alicyclic amines) is 1. The van der Waals surface area contributed by atoms with Gasteiger partial charge in [-0.2, -0.15) is 0 Å². The maximum atomic E-state index is 12.8. The molecule has 2 atom stereocenters. The van der Waals surface area contributed by atoms with Crippen molar-refractivity contribution in [3.63, 3.8) is 0 Å². The maximum Gasteiger partial charge on any atom is 0.261 e. The number of rotatable bonds is 5. The number of furan rings is 1. The minimum atomic E-state index is 0.0608. The summed E-state index contributed by atoms with van der Waals surface area (Å²) in [5, 5.41) is 3.17. The number of aryl methyl sites for hydroxylation is 1. The van der Waals surface area contributed by atoms with Crippen molar-refractivity contribution in [2.75, 3.05) is 19.6 Å². The van der Waals surface area contributed by atoms with Gasteiger partial charge in [0.05, 0.1) is 17.2 Å². The van der Waals surface area contributed by atoms with Crippen LogP contribution < -0.4 is 5.32 Å². The largest absolute Gasteiger partial charge is 0.468 e. The van der Waals surface area contributed by atoms with Crippen LogP contribution in [0.5, 0.6) is 0 Å². The molecule has 1 saturated heterocycles. The number of nitrogens with one attached hydrogen (secondary N) is 1. The minimum absolute atomic E-state index is 0.0608. The first kappa shape index (κ1) is 17.8. The quantitative estimate of drug-likeness (QED) is 0.845. The standard InChI is InChI=1S/C21H28N2O2S/c1-15-7-8-19-16(12-15)13-20(26-19)21(24)22-14-17(18-6-5-11-25-18)23-9-3-2-4-10-23/h5-6,11,13,15,17H,2-4,7-10,12,14H2,1H3,(H,22,24)/t15-,17-/m0/s1. The lowest BCUT2D eigenvalue weighted by atomic mass is 9.90. The Morgan fingerprint density at radius 2 is 2.23 bits per heavy atom. The molecule has 2 aliphatic rings. The van der Waals surface area contributed by atoms with Gasteiger partial charge in [-0.3, -0.25) is 9.69 Å². The van der Waals surface area contributed by atoms with Crippen molar-refractivity contribution < 1.29 is 9.21 Å². The number of hydrogen-bond acceptors (Lipinski definition) is 4. The summed E-state index contributed by atoms with van der Waals surface area (Å²) in [6.07, 6.45) is 8.95. The van der Waals surface area contributed by atoms with E-state index in [1.54, 1.807) is 17.6 Å². The van der Waals surface area contributed by atoms with Crippen LogP contribution in [-0.2, 0) is 12.8 Å². The van der Waals surface area contributed by atoms with E-state index in [0.29, 0.717) is 6.54 Å². The molecule has 1 N–H and O–H groups in total. The van der Waals surface area contributed by atoms with E-state index in [9.17, 15) is 4.79 Å². The third-order valence-corrected chi connectivity index (χ3v) is 6.95. The fraction of sp³-hybridized carbons (Fsp3) is 0.571. The third-order valence-electron chi connectivity index (χ3n) is 5.71. The molecule has 0 aromatic carbocycles. The second-order valence-corrected chi connectivity index (χ2v) is 8.88. The zero-order chi connectivity index (χ0) is 17.9. The molecule has 0 unspecified atom stereocenters. The number of carbonyl (C=O) groups excluding carboxylic acids is 1. The number of fused-ring (bicyclic) bond motifs is 1. The first-order valence-corrected chi connectivity index (χ1v) is 10.7. The van der Waals surface area contributed by atoms with Crippen LogP contribution in [0, 0.1) is 5.92 Å². The first-order chi connectivity index (χ1) is 12.7. The molecule has 4 nitrogen and oxygen atoms in total. The number of hydrogen-bond donors (Lipinski definition) is 1. The van der Waals surface area contributed by atoms with Gasteiger partial charge in [0.2, 0.25) is 0 Å². The zero-order valence-electron chi connectivity index (χ0n) is 15.5. The van der Waals surface area contributed by atoms with Gasteiger partial charge in [-0.25, -0.2) is 0 Å². The molecule has 0 bridgehead atoms. The van der Waals surface area contributed by atoms with Crippen molar-refractivity contribution in [3.8, 4) is 0 Å². The van der Waals surface area contributed by atoms with Crippen molar-refractivity contribution in [2.45, 2.75) is 51.5 Å². The molecule has 26 heavy (non-hydrogen) atoms. The molecule has 5 heteroatoms. The van der Waals surface area contributed by atoms with E-state index in [-0.39, 0.29) is 11.9 Å². The van der Waals surface area contributed by atoms with E-state index < -0.39 is 0 Å². The molecule has 2 aromatic heterocycles. The highest BCUT2D eigenvalue weighted by atomic mass is 32.1. The maximum absolute atomic E-state index is 12.8. The average Bonchev–Trinajstić information content (AvgIpc) is 3.32. The Bertz CT molecular complexity index is 731. The number of carbonyl (C=O) groups is 1. The Morgan fingerprint density at radius 3 is 3.00 bits per heavy atom. The molecule has 1 aliphatic heterocycles. The van der Waals surface area contributed by atoms with Gasteiger partial charge < -0.3 is 9.73 Å². The monoisotopic (exact) mass is 372 g/mol. The summed E-state index contributed by atoms with van der Waals surface area (Å²) in [6.45, 7) is 5.05. The van der Waals surface area contributed by atoms with Crippen molar-refractivity contribution in [3.05, 3.63) is 45.5 Å². The van der Waals surface area contributed by atoms with E-state index in [4.69, 9.17) is 4.42 Å². The van der Waals surface area contributed by atoms with Gasteiger partial charge in [-0.1, -0.05) is 13.3 Å². The molecule has 140 valence electrons. The van der Waals surface area contributed by atoms with Crippen LogP contribution in [0.25, 0.3) is 0 Å². The Kier molecular flexibility index (Phi) is 5.46. The molecular weight excluding hydrogens is 344 g/mol. The summed E-state index contributed by atoms with van der Waals surface area (Å²) < 4.78 is 5.67. The Balaban J connectivity index is 1.43. The molecule has 1 fully saturated rings. The van der Waals surface area contributed by atoms with Gasteiger partial charge in [-0.05, 0) is 74.9 Å². The Hall–Kier alpha value is -1.59. The van der Waals surface area contributed by atoms with E-state index in [2.05, 4.69) is 23.2 Å². The lowest BCUT2D eigenvalue weighted by Gasteiger charge is -2.33. The topological polar surface area (TPSA) is 45.5 Å². The summed E-state index contributed by atoms with van der Waals surface area (Å²) in [7, 11) is 0. The Morgan fingerprint density at radius 1 is 1.38 bits per heavy atom. The smallest absolute Gasteiger partial charge is 0.261 e. The molecule has 2 aromatic rings. The second kappa shape index (κ2) is 7.97. The highest BCUT2D eigenvalue weighted by Crippen LogP contribution is 2.32. The van der Waals surface area contributed by atoms with E-state index in [0.717, 1.165) is 42.5 Å². The fourth-order valence-electron chi connectivity index (χ4n) is 4.21. The first-order valence-electron chi connectivity index (χ1n) is 9.88. The van der Waals surface area contributed by atoms with Gasteiger partial charge in [0.1, 0.15) is 5.76 Å². The average molecular weight is 373 g/mol. The van der Waals surface area contributed by atoms with Gasteiger partial charge >= 0.3 is 0 Å². The van der Waals surface area contributed by atoms with Crippen molar-refractivity contribution in [2.24, 2.45) is 5.92 Å². The van der Waals surface area contributed by atoms with Crippen LogP contribution in [0.4, 0.5) is 0 Å². The van der Waals surface area contributed by atoms with Crippen LogP contribution in [-0.4, -0.2) is 30.4 Å². The minimum Gasteiger partial charge on any atom is -0.468 e. The highest BCUT2D eigenvalue weighted by Gasteiger charge is 2.26. The van der Waals surface area contributed by atoms with Crippen LogP contribution in [0.15, 0.2) is 28.9 Å². The van der Waals surface area contributed by atoms with Crippen molar-refractivity contribution in [1.29, 1.82) is 0 Å². The van der Waals surface area contributed by atoms with Crippen LogP contribution >= 0.6 is 11.3 Å². The molecule has 3 heterocycles. The van der Waals surface area contributed by atoms with E-state index in [1.165, 1.54) is 36.1 Å². The van der Waals surface area contributed by atoms with Crippen molar-refractivity contribution in [1.82, 2.24) is 10.2 Å². The molecule has 0 saturated carbocycles. The molecule has 4 rings (SSSR count). The predicted octanol–water partition coefficient (Wildman–Crippen LogP) is 4.42. The van der Waals surface area contributed by atoms with Gasteiger partial charge in [0, 0.05) is 11.4 Å². The van der Waals surface area contributed by atoms with Gasteiger partial charge in [0.25, 0.3) is 5.91 Å². The summed E-state index contributed by atoms with van der Waals surface area (Å²) in [4.78, 5) is 17.5. The molecule has 0 radical (unpaired) electrons. The Labute approximate surface area is 159 Å². The van der Waals surface area contributed by atoms with Crippen LogP contribution in [0.1, 0.15) is 64.5 Å². The number of thiophene rings is 1. The number of piperidine rings is 1. The third kappa shape index (κ3) is 3.89. The lowest BCUT2D eigenvalue weighted by Crippen LogP contribution is -2.40. The van der Waals surface area contributed by atoms with Gasteiger partial charge in [0.15, 0.2) is 0 Å². The summed E-state index contributed by atoms with van der Waals surface area (Å²) in [6, 6.07) is 6.21. The lowest BCUT2D eigenvalue weighted by molar-refractivity contribution is 0.0918. The SMILES string of the molecule is C[C@H]1CCc2sc(C(=O)NC[C@@H](c3ccco3)N3CCCCC3)cc2C1. The molecular formula is C21H28N2O2S. The number of amides is 1. The summed E-state index contributed by atoms with van der Waals surface area (Å²) >= 11 is 1.68. The normalized spacial score (nSPS) is 22.0. The molecule has 0 spiro atoms. The zero-order valence-corrected chi connectivity index (χ0v) is 16.3. The van der Waals surface area contributed by atoms with E-state index >= 15 is 0 Å². The predicted molar refractivity (Wildman–Crippen MR) is 105 cm³/mol.